The lowest BCUT2D eigenvalue weighted by atomic mass is 9.95. The molecule has 4 aromatic rings. The molecule has 0 saturated carbocycles. The summed E-state index contributed by atoms with van der Waals surface area (Å²) < 4.78 is 2.22. The van der Waals surface area contributed by atoms with Crippen LogP contribution >= 0.6 is 0 Å². The van der Waals surface area contributed by atoms with Gasteiger partial charge in [0.05, 0.1) is 0 Å². The van der Waals surface area contributed by atoms with Crippen molar-refractivity contribution >= 4 is 10.8 Å². The number of nitrogens with zero attached hydrogens (tertiary/aromatic N) is 3. The highest BCUT2D eigenvalue weighted by Crippen LogP contribution is 2.31. The molecule has 2 aromatic carbocycles. The standard InChI is InChI=1S/C24H24N3/c1-15-9-16(2)17(3)22(10-15)24-11-23-19(14-27(24)5)7-6-8-21(23)20-12-25-18(4)26-13-20/h6-14H,1-5H3/q+1. The SMILES string of the molecule is Cc1cc(C)c(C)c(-c2cc3c(-c4cnc(C)nc4)cccc3c[n+]2C)c1. The number of hydrogen-bond acceptors (Lipinski definition) is 2. The van der Waals surface area contributed by atoms with Crippen molar-refractivity contribution in [2.24, 2.45) is 7.05 Å². The molecule has 2 aromatic heterocycles. The minimum absolute atomic E-state index is 0.789. The van der Waals surface area contributed by atoms with E-state index in [-0.39, 0.29) is 0 Å². The van der Waals surface area contributed by atoms with Gasteiger partial charge in [-0.05, 0) is 56.5 Å². The van der Waals surface area contributed by atoms with Crippen LogP contribution in [0.15, 0.2) is 55.0 Å². The van der Waals surface area contributed by atoms with Gasteiger partial charge in [-0.25, -0.2) is 14.5 Å². The summed E-state index contributed by atoms with van der Waals surface area (Å²) >= 11 is 0. The molecule has 2 heterocycles. The Morgan fingerprint density at radius 2 is 1.59 bits per heavy atom. The first-order valence-corrected chi connectivity index (χ1v) is 9.23. The van der Waals surface area contributed by atoms with Crippen molar-refractivity contribution in [3.8, 4) is 22.4 Å². The molecule has 4 rings (SSSR count). The molecule has 0 amide bonds. The molecular formula is C24H24N3+. The number of pyridine rings is 1. The lowest BCUT2D eigenvalue weighted by Gasteiger charge is -2.11. The van der Waals surface area contributed by atoms with Gasteiger partial charge in [-0.3, -0.25) is 0 Å². The van der Waals surface area contributed by atoms with Crippen molar-refractivity contribution < 1.29 is 4.57 Å². The molecule has 0 spiro atoms. The van der Waals surface area contributed by atoms with Crippen LogP contribution in [-0.2, 0) is 7.05 Å². The zero-order valence-electron chi connectivity index (χ0n) is 16.5. The van der Waals surface area contributed by atoms with Crippen molar-refractivity contribution in [2.45, 2.75) is 27.7 Å². The van der Waals surface area contributed by atoms with Crippen molar-refractivity contribution in [3.63, 3.8) is 0 Å². The molecule has 3 heteroatoms. The Balaban J connectivity index is 2.00. The van der Waals surface area contributed by atoms with E-state index in [1.54, 1.807) is 0 Å². The Hall–Kier alpha value is -3.07. The highest BCUT2D eigenvalue weighted by Gasteiger charge is 2.17. The maximum absolute atomic E-state index is 4.38. The zero-order valence-corrected chi connectivity index (χ0v) is 16.5. The largest absolute Gasteiger partial charge is 0.241 e. The van der Waals surface area contributed by atoms with E-state index in [2.05, 4.69) is 84.9 Å². The number of aromatic nitrogens is 3. The van der Waals surface area contributed by atoms with Crippen molar-refractivity contribution in [1.29, 1.82) is 0 Å². The second-order valence-electron chi connectivity index (χ2n) is 7.35. The van der Waals surface area contributed by atoms with Gasteiger partial charge in [-0.15, -0.1) is 0 Å². The van der Waals surface area contributed by atoms with Crippen LogP contribution in [0.1, 0.15) is 22.5 Å². The minimum Gasteiger partial charge on any atom is -0.241 e. The van der Waals surface area contributed by atoms with E-state index in [9.17, 15) is 0 Å². The Kier molecular flexibility index (Phi) is 4.23. The molecule has 3 nitrogen and oxygen atoms in total. The second-order valence-corrected chi connectivity index (χ2v) is 7.35. The van der Waals surface area contributed by atoms with Gasteiger partial charge in [0.2, 0.25) is 5.69 Å². The number of rotatable bonds is 2. The quantitative estimate of drug-likeness (QED) is 0.473. The maximum atomic E-state index is 4.38. The first-order chi connectivity index (χ1) is 12.9. The van der Waals surface area contributed by atoms with E-state index in [1.807, 2.05) is 19.3 Å². The number of benzene rings is 2. The summed E-state index contributed by atoms with van der Waals surface area (Å²) in [6.07, 6.45) is 6.03. The average molecular weight is 354 g/mol. The van der Waals surface area contributed by atoms with E-state index in [0.29, 0.717) is 0 Å². The molecule has 0 aliphatic rings. The molecule has 0 N–H and O–H groups in total. The minimum atomic E-state index is 0.789. The summed E-state index contributed by atoms with van der Waals surface area (Å²) in [6, 6.07) is 13.2. The van der Waals surface area contributed by atoms with Gasteiger partial charge in [-0.1, -0.05) is 23.8 Å². The first kappa shape index (κ1) is 17.3. The predicted molar refractivity (Wildman–Crippen MR) is 111 cm³/mol. The molecule has 0 aliphatic carbocycles. The Bertz CT molecular complexity index is 1160. The van der Waals surface area contributed by atoms with E-state index in [4.69, 9.17) is 0 Å². The topological polar surface area (TPSA) is 29.7 Å². The highest BCUT2D eigenvalue weighted by atomic mass is 14.9. The molecule has 0 radical (unpaired) electrons. The fourth-order valence-corrected chi connectivity index (χ4v) is 3.73. The smallest absolute Gasteiger partial charge is 0.213 e. The molecule has 134 valence electrons. The third-order valence-electron chi connectivity index (χ3n) is 5.31. The van der Waals surface area contributed by atoms with Gasteiger partial charge in [0.15, 0.2) is 6.20 Å². The number of fused-ring (bicyclic) bond motifs is 1. The Morgan fingerprint density at radius 3 is 2.33 bits per heavy atom. The Labute approximate surface area is 160 Å². The van der Waals surface area contributed by atoms with Gasteiger partial charge in [0.25, 0.3) is 0 Å². The van der Waals surface area contributed by atoms with Crippen LogP contribution in [0.25, 0.3) is 33.2 Å². The maximum Gasteiger partial charge on any atom is 0.213 e. The van der Waals surface area contributed by atoms with Crippen molar-refractivity contribution in [3.05, 3.63) is 77.5 Å². The third-order valence-corrected chi connectivity index (χ3v) is 5.31. The molecule has 0 saturated heterocycles. The summed E-state index contributed by atoms with van der Waals surface area (Å²) in [4.78, 5) is 8.76. The number of aryl methyl sites for hydroxylation is 4. The van der Waals surface area contributed by atoms with Gasteiger partial charge >= 0.3 is 0 Å². The van der Waals surface area contributed by atoms with Crippen LogP contribution < -0.4 is 4.57 Å². The van der Waals surface area contributed by atoms with Crippen LogP contribution in [0, 0.1) is 27.7 Å². The highest BCUT2D eigenvalue weighted by molar-refractivity contribution is 5.97. The van der Waals surface area contributed by atoms with Crippen molar-refractivity contribution in [1.82, 2.24) is 9.97 Å². The summed E-state index contributed by atoms with van der Waals surface area (Å²) in [7, 11) is 2.12. The zero-order chi connectivity index (χ0) is 19.1. The van der Waals surface area contributed by atoms with Gasteiger partial charge in [0.1, 0.15) is 12.9 Å². The summed E-state index contributed by atoms with van der Waals surface area (Å²) in [5.41, 5.74) is 8.64. The molecule has 0 bridgehead atoms. The molecule has 0 aliphatic heterocycles. The summed E-state index contributed by atoms with van der Waals surface area (Å²) in [5.74, 6) is 0.789. The van der Waals surface area contributed by atoms with Crippen LogP contribution in [0.2, 0.25) is 0 Å². The lowest BCUT2D eigenvalue weighted by Crippen LogP contribution is -2.30. The monoisotopic (exact) mass is 354 g/mol. The summed E-state index contributed by atoms with van der Waals surface area (Å²) in [5, 5.41) is 2.43. The van der Waals surface area contributed by atoms with E-state index < -0.39 is 0 Å². The van der Waals surface area contributed by atoms with Gasteiger partial charge < -0.3 is 0 Å². The lowest BCUT2D eigenvalue weighted by molar-refractivity contribution is -0.659. The van der Waals surface area contributed by atoms with Gasteiger partial charge in [-0.2, -0.15) is 0 Å². The Morgan fingerprint density at radius 1 is 0.852 bits per heavy atom. The van der Waals surface area contributed by atoms with Crippen LogP contribution in [0.3, 0.4) is 0 Å². The van der Waals surface area contributed by atoms with Gasteiger partial charge in [0, 0.05) is 40.4 Å². The van der Waals surface area contributed by atoms with E-state index in [0.717, 1.165) is 17.0 Å². The van der Waals surface area contributed by atoms with E-state index >= 15 is 0 Å². The molecular weight excluding hydrogens is 330 g/mol. The second kappa shape index (κ2) is 6.58. The summed E-state index contributed by atoms with van der Waals surface area (Å²) in [6.45, 7) is 8.45. The van der Waals surface area contributed by atoms with Crippen molar-refractivity contribution in [2.75, 3.05) is 0 Å². The molecule has 0 unspecified atom stereocenters. The fourth-order valence-electron chi connectivity index (χ4n) is 3.73. The molecule has 0 fully saturated rings. The third kappa shape index (κ3) is 3.10. The van der Waals surface area contributed by atoms with E-state index in [1.165, 1.54) is 38.7 Å². The van der Waals surface area contributed by atoms with Crippen LogP contribution in [0.4, 0.5) is 0 Å². The average Bonchev–Trinajstić information content (AvgIpc) is 2.64. The van der Waals surface area contributed by atoms with Crippen LogP contribution in [-0.4, -0.2) is 9.97 Å². The predicted octanol–water partition coefficient (Wildman–Crippen LogP) is 5.02. The molecule has 27 heavy (non-hydrogen) atoms. The number of hydrogen-bond donors (Lipinski definition) is 0. The first-order valence-electron chi connectivity index (χ1n) is 9.23. The molecule has 0 atom stereocenters. The normalized spacial score (nSPS) is 11.1. The van der Waals surface area contributed by atoms with Crippen LogP contribution in [0.5, 0.6) is 0 Å². The fraction of sp³-hybridized carbons (Fsp3) is 0.208.